The normalized spacial score (nSPS) is 12.1. The molecule has 3 aromatic rings. The van der Waals surface area contributed by atoms with Crippen LogP contribution in [0.2, 0.25) is 0 Å². The van der Waals surface area contributed by atoms with E-state index < -0.39 is 0 Å². The van der Waals surface area contributed by atoms with E-state index in [0.717, 1.165) is 0 Å². The van der Waals surface area contributed by atoms with Gasteiger partial charge < -0.3 is 14.5 Å². The molecule has 0 aliphatic heterocycles. The summed E-state index contributed by atoms with van der Waals surface area (Å²) < 4.78 is 17.4. The molecule has 2 aromatic heterocycles. The maximum atomic E-state index is 14.0. The lowest BCUT2D eigenvalue weighted by molar-refractivity contribution is -0.115. The molecule has 1 aromatic carbocycles. The molecule has 0 aliphatic carbocycles. The predicted molar refractivity (Wildman–Crippen MR) is 90.7 cm³/mol. The van der Waals surface area contributed by atoms with Gasteiger partial charge in [0.1, 0.15) is 12.1 Å². The highest BCUT2D eigenvalue weighted by atomic mass is 32.2. The lowest BCUT2D eigenvalue weighted by Gasteiger charge is -2.13. The Bertz CT molecular complexity index is 846. The second kappa shape index (κ2) is 6.88. The molecular weight excluding hydrogens is 329 g/mol. The van der Waals surface area contributed by atoms with Crippen LogP contribution in [0.5, 0.6) is 0 Å². The minimum Gasteiger partial charge on any atom is -0.325 e. The molecule has 0 bridgehead atoms. The number of benzene rings is 1. The number of aromatic nitrogens is 4. The van der Waals surface area contributed by atoms with Crippen LogP contribution < -0.4 is 5.32 Å². The number of anilines is 1. The van der Waals surface area contributed by atoms with E-state index in [1.54, 1.807) is 46.9 Å². The number of nitrogens with one attached hydrogen (secondary N) is 1. The van der Waals surface area contributed by atoms with Crippen molar-refractivity contribution in [2.75, 3.05) is 5.32 Å². The molecule has 1 N–H and O–H groups in total. The van der Waals surface area contributed by atoms with Gasteiger partial charge in [0.2, 0.25) is 5.91 Å². The van der Waals surface area contributed by atoms with E-state index in [9.17, 15) is 9.18 Å². The molecule has 24 heavy (non-hydrogen) atoms. The quantitative estimate of drug-likeness (QED) is 0.722. The first kappa shape index (κ1) is 16.3. The molecule has 0 aliphatic rings. The van der Waals surface area contributed by atoms with Crippen molar-refractivity contribution in [2.24, 2.45) is 7.05 Å². The lowest BCUT2D eigenvalue weighted by Crippen LogP contribution is -2.23. The summed E-state index contributed by atoms with van der Waals surface area (Å²) in [4.78, 5) is 12.3. The third-order valence-corrected chi connectivity index (χ3v) is 4.57. The number of amides is 1. The smallest absolute Gasteiger partial charge is 0.237 e. The molecule has 0 fully saturated rings. The average Bonchev–Trinajstić information content (AvgIpc) is 3.22. The molecule has 6 nitrogen and oxygen atoms in total. The molecule has 0 unspecified atom stereocenters. The van der Waals surface area contributed by atoms with Gasteiger partial charge in [0.05, 0.1) is 10.9 Å². The average molecular weight is 345 g/mol. The van der Waals surface area contributed by atoms with Crippen LogP contribution in [0.15, 0.2) is 54.2 Å². The molecule has 0 radical (unpaired) electrons. The van der Waals surface area contributed by atoms with Crippen LogP contribution in [0, 0.1) is 5.82 Å². The van der Waals surface area contributed by atoms with Crippen molar-refractivity contribution in [1.29, 1.82) is 0 Å². The molecule has 8 heteroatoms. The zero-order chi connectivity index (χ0) is 17.1. The summed E-state index contributed by atoms with van der Waals surface area (Å²) in [5.41, 5.74) is 0.918. The van der Waals surface area contributed by atoms with Crippen molar-refractivity contribution in [1.82, 2.24) is 19.3 Å². The largest absolute Gasteiger partial charge is 0.325 e. The number of thioether (sulfide) groups is 1. The van der Waals surface area contributed by atoms with Crippen molar-refractivity contribution in [3.05, 3.63) is 54.9 Å². The van der Waals surface area contributed by atoms with Crippen molar-refractivity contribution < 1.29 is 9.18 Å². The molecule has 3 rings (SSSR count). The minimum atomic E-state index is -0.368. The van der Waals surface area contributed by atoms with E-state index in [1.165, 1.54) is 17.8 Å². The van der Waals surface area contributed by atoms with Crippen LogP contribution in [-0.4, -0.2) is 30.5 Å². The monoisotopic (exact) mass is 345 g/mol. The van der Waals surface area contributed by atoms with Gasteiger partial charge in [-0.3, -0.25) is 4.79 Å². The van der Waals surface area contributed by atoms with Crippen molar-refractivity contribution >= 4 is 23.4 Å². The van der Waals surface area contributed by atoms with Gasteiger partial charge >= 0.3 is 0 Å². The highest BCUT2D eigenvalue weighted by Gasteiger charge is 2.18. The van der Waals surface area contributed by atoms with Gasteiger partial charge in [-0.1, -0.05) is 11.8 Å². The van der Waals surface area contributed by atoms with Crippen LogP contribution in [-0.2, 0) is 11.8 Å². The van der Waals surface area contributed by atoms with E-state index in [-0.39, 0.29) is 17.0 Å². The zero-order valence-electron chi connectivity index (χ0n) is 13.2. The zero-order valence-corrected chi connectivity index (χ0v) is 14.0. The third kappa shape index (κ3) is 3.48. The van der Waals surface area contributed by atoms with Gasteiger partial charge in [0.25, 0.3) is 0 Å². The summed E-state index contributed by atoms with van der Waals surface area (Å²) in [6.45, 7) is 1.78. The first-order chi connectivity index (χ1) is 11.5. The van der Waals surface area contributed by atoms with Crippen molar-refractivity contribution in [3.8, 4) is 5.69 Å². The number of nitrogens with zero attached hydrogens (tertiary/aromatic N) is 4. The fraction of sp³-hybridized carbons (Fsp3) is 0.188. The van der Waals surface area contributed by atoms with E-state index in [0.29, 0.717) is 16.5 Å². The van der Waals surface area contributed by atoms with Crippen LogP contribution in [0.25, 0.3) is 5.69 Å². The van der Waals surface area contributed by atoms with Gasteiger partial charge in [-0.15, -0.1) is 10.2 Å². The van der Waals surface area contributed by atoms with Gasteiger partial charge in [0, 0.05) is 25.1 Å². The molecule has 124 valence electrons. The first-order valence-corrected chi connectivity index (χ1v) is 8.17. The Morgan fingerprint density at radius 1 is 1.33 bits per heavy atom. The number of hydrogen-bond donors (Lipinski definition) is 1. The summed E-state index contributed by atoms with van der Waals surface area (Å²) in [6, 6.07) is 8.10. The number of carbonyl (C=O) groups is 1. The van der Waals surface area contributed by atoms with Crippen molar-refractivity contribution in [3.63, 3.8) is 0 Å². The van der Waals surface area contributed by atoms with E-state index in [1.807, 2.05) is 19.2 Å². The maximum absolute atomic E-state index is 14.0. The summed E-state index contributed by atoms with van der Waals surface area (Å²) in [6.07, 6.45) is 5.07. The SMILES string of the molecule is C[C@@H](Sc1nncn1C)C(=O)Nc1ccc(F)c(-n2cccc2)c1. The van der Waals surface area contributed by atoms with E-state index in [4.69, 9.17) is 0 Å². The van der Waals surface area contributed by atoms with Crippen molar-refractivity contribution in [2.45, 2.75) is 17.3 Å². The molecule has 2 heterocycles. The summed E-state index contributed by atoms with van der Waals surface area (Å²) in [5, 5.41) is 10.8. The minimum absolute atomic E-state index is 0.187. The molecule has 1 atom stereocenters. The lowest BCUT2D eigenvalue weighted by atomic mass is 10.2. The number of halogens is 1. The summed E-state index contributed by atoms with van der Waals surface area (Å²) in [5.74, 6) is -0.543. The van der Waals surface area contributed by atoms with Gasteiger partial charge in [-0.2, -0.15) is 0 Å². The molecule has 1 amide bonds. The Balaban J connectivity index is 1.72. The Hall–Kier alpha value is -2.61. The fourth-order valence-corrected chi connectivity index (χ4v) is 2.91. The Kier molecular flexibility index (Phi) is 4.66. The molecule has 0 saturated heterocycles. The second-order valence-corrected chi connectivity index (χ2v) is 6.54. The fourth-order valence-electron chi connectivity index (χ4n) is 2.12. The van der Waals surface area contributed by atoms with Crippen LogP contribution in [0.3, 0.4) is 0 Å². The maximum Gasteiger partial charge on any atom is 0.237 e. The molecule has 0 spiro atoms. The Morgan fingerprint density at radius 3 is 2.75 bits per heavy atom. The number of hydrogen-bond acceptors (Lipinski definition) is 4. The topological polar surface area (TPSA) is 64.7 Å². The van der Waals surface area contributed by atoms with Gasteiger partial charge in [-0.25, -0.2) is 4.39 Å². The second-order valence-electron chi connectivity index (χ2n) is 5.23. The summed E-state index contributed by atoms with van der Waals surface area (Å²) >= 11 is 1.31. The highest BCUT2D eigenvalue weighted by molar-refractivity contribution is 8.00. The first-order valence-electron chi connectivity index (χ1n) is 7.29. The number of carbonyl (C=O) groups excluding carboxylic acids is 1. The van der Waals surface area contributed by atoms with Crippen LogP contribution in [0.4, 0.5) is 10.1 Å². The van der Waals surface area contributed by atoms with Gasteiger partial charge in [0.15, 0.2) is 5.16 Å². The van der Waals surface area contributed by atoms with Crippen LogP contribution >= 0.6 is 11.8 Å². The molecule has 0 saturated carbocycles. The van der Waals surface area contributed by atoms with E-state index >= 15 is 0 Å². The Labute approximate surface area is 142 Å². The highest BCUT2D eigenvalue weighted by Crippen LogP contribution is 2.23. The number of rotatable bonds is 5. The van der Waals surface area contributed by atoms with E-state index in [2.05, 4.69) is 15.5 Å². The Morgan fingerprint density at radius 2 is 2.08 bits per heavy atom. The van der Waals surface area contributed by atoms with Gasteiger partial charge in [-0.05, 0) is 37.3 Å². The summed E-state index contributed by atoms with van der Waals surface area (Å²) in [7, 11) is 1.82. The number of aryl methyl sites for hydroxylation is 1. The predicted octanol–water partition coefficient (Wildman–Crippen LogP) is 2.86. The third-order valence-electron chi connectivity index (χ3n) is 3.42. The molecular formula is C16H16FN5OS. The standard InChI is InChI=1S/C16H16FN5OS/c1-11(24-16-20-18-10-21(16)2)15(23)19-12-5-6-13(17)14(9-12)22-7-3-4-8-22/h3-11H,1-2H3,(H,19,23)/t11-/m1/s1. The van der Waals surface area contributed by atoms with Crippen LogP contribution in [0.1, 0.15) is 6.92 Å².